The van der Waals surface area contributed by atoms with Crippen LogP contribution in [0, 0.1) is 6.92 Å². The first kappa shape index (κ1) is 22.4. The molecule has 0 radical (unpaired) electrons. The zero-order chi connectivity index (χ0) is 22.5. The zero-order valence-electron chi connectivity index (χ0n) is 17.6. The fourth-order valence-corrected chi connectivity index (χ4v) is 4.04. The molecule has 31 heavy (non-hydrogen) atoms. The average molecular weight is 446 g/mol. The summed E-state index contributed by atoms with van der Waals surface area (Å²) in [5.41, 5.74) is 0.449. The molecule has 0 bridgehead atoms. The van der Waals surface area contributed by atoms with E-state index >= 15 is 0 Å². The lowest BCUT2D eigenvalue weighted by Gasteiger charge is -2.10. The summed E-state index contributed by atoms with van der Waals surface area (Å²) >= 11 is 1.08. The third-order valence-electron chi connectivity index (χ3n) is 4.64. The Kier molecular flexibility index (Phi) is 7.03. The highest BCUT2D eigenvalue weighted by atomic mass is 32.1. The molecule has 164 valence electrons. The van der Waals surface area contributed by atoms with Gasteiger partial charge in [-0.15, -0.1) is 11.3 Å². The minimum absolute atomic E-state index is 0.112. The molecule has 0 aliphatic rings. The molecule has 0 spiro atoms. The molecule has 0 unspecified atom stereocenters. The number of ether oxygens (including phenoxy) is 4. The molecule has 0 fully saturated rings. The van der Waals surface area contributed by atoms with Crippen LogP contribution in [-0.4, -0.2) is 55.8 Å². The molecule has 0 saturated heterocycles. The molecule has 10 heteroatoms. The summed E-state index contributed by atoms with van der Waals surface area (Å²) in [5, 5.41) is 0.298. The van der Waals surface area contributed by atoms with Crippen LogP contribution in [-0.2, 0) is 16.0 Å². The summed E-state index contributed by atoms with van der Waals surface area (Å²) in [5.74, 6) is 0.0823. The first-order chi connectivity index (χ1) is 14.9. The van der Waals surface area contributed by atoms with E-state index in [1.54, 1.807) is 25.1 Å². The molecule has 0 atom stereocenters. The number of esters is 1. The fourth-order valence-electron chi connectivity index (χ4n) is 3.01. The summed E-state index contributed by atoms with van der Waals surface area (Å²) in [6.07, 6.45) is 1.30. The van der Waals surface area contributed by atoms with Crippen molar-refractivity contribution in [3.63, 3.8) is 0 Å². The van der Waals surface area contributed by atoms with Gasteiger partial charge in [0.1, 0.15) is 16.3 Å². The highest BCUT2D eigenvalue weighted by Crippen LogP contribution is 2.29. The van der Waals surface area contributed by atoms with Crippen molar-refractivity contribution in [2.75, 3.05) is 34.5 Å². The Labute approximate surface area is 182 Å². The first-order valence-corrected chi connectivity index (χ1v) is 10.1. The van der Waals surface area contributed by atoms with Gasteiger partial charge in [-0.25, -0.2) is 9.78 Å². The van der Waals surface area contributed by atoms with E-state index in [4.69, 9.17) is 18.9 Å². The van der Waals surface area contributed by atoms with Crippen molar-refractivity contribution in [3.05, 3.63) is 50.9 Å². The normalized spacial score (nSPS) is 10.8. The van der Waals surface area contributed by atoms with Gasteiger partial charge in [0.05, 0.1) is 39.1 Å². The molecule has 9 nitrogen and oxygen atoms in total. The van der Waals surface area contributed by atoms with Gasteiger partial charge in [-0.3, -0.25) is 14.2 Å². The first-order valence-electron chi connectivity index (χ1n) is 9.31. The topological polar surface area (TPSA) is 106 Å². The monoisotopic (exact) mass is 446 g/mol. The van der Waals surface area contributed by atoms with E-state index < -0.39 is 11.5 Å². The molecule has 2 aromatic heterocycles. The van der Waals surface area contributed by atoms with Gasteiger partial charge < -0.3 is 18.9 Å². The number of aryl methyl sites for hydroxylation is 1. The Morgan fingerprint density at radius 1 is 1.10 bits per heavy atom. The zero-order valence-corrected chi connectivity index (χ0v) is 18.4. The van der Waals surface area contributed by atoms with Crippen LogP contribution < -0.4 is 15.0 Å². The van der Waals surface area contributed by atoms with Crippen LogP contribution in [0.5, 0.6) is 11.5 Å². The second-order valence-electron chi connectivity index (χ2n) is 6.54. The number of hydrogen-bond donors (Lipinski definition) is 0. The van der Waals surface area contributed by atoms with Gasteiger partial charge in [-0.2, -0.15) is 0 Å². The van der Waals surface area contributed by atoms with Crippen LogP contribution in [0.3, 0.4) is 0 Å². The number of fused-ring (bicyclic) bond motifs is 1. The molecule has 0 aliphatic carbocycles. The number of ketones is 1. The van der Waals surface area contributed by atoms with Gasteiger partial charge in [0.25, 0.3) is 5.56 Å². The van der Waals surface area contributed by atoms with E-state index in [-0.39, 0.29) is 25.5 Å². The molecule has 2 heterocycles. The molecule has 0 amide bonds. The quantitative estimate of drug-likeness (QED) is 0.280. The number of carbonyl (C=O) groups is 2. The van der Waals surface area contributed by atoms with E-state index in [1.807, 2.05) is 0 Å². The van der Waals surface area contributed by atoms with Crippen molar-refractivity contribution in [2.24, 2.45) is 0 Å². The van der Waals surface area contributed by atoms with Crippen LogP contribution >= 0.6 is 11.3 Å². The van der Waals surface area contributed by atoms with Gasteiger partial charge in [0.2, 0.25) is 0 Å². The molecular weight excluding hydrogens is 424 g/mol. The van der Waals surface area contributed by atoms with Crippen molar-refractivity contribution in [2.45, 2.75) is 13.5 Å². The van der Waals surface area contributed by atoms with E-state index in [1.165, 1.54) is 32.2 Å². The lowest BCUT2D eigenvalue weighted by Crippen LogP contribution is -2.24. The Hall–Kier alpha value is -3.24. The predicted octanol–water partition coefficient (Wildman–Crippen LogP) is 2.47. The third kappa shape index (κ3) is 4.59. The maximum Gasteiger partial charge on any atom is 0.348 e. The minimum Gasteiger partial charge on any atom is -0.493 e. The van der Waals surface area contributed by atoms with Crippen LogP contribution in [0.4, 0.5) is 0 Å². The summed E-state index contributed by atoms with van der Waals surface area (Å²) in [6, 6.07) is 4.79. The van der Waals surface area contributed by atoms with Crippen molar-refractivity contribution in [1.29, 1.82) is 0 Å². The number of Topliss-reactive ketones (excluding diaryl/α,β-unsaturated/α-hetero) is 1. The van der Waals surface area contributed by atoms with Crippen molar-refractivity contribution < 1.29 is 28.5 Å². The Balaban J connectivity index is 1.89. The lowest BCUT2D eigenvalue weighted by atomic mass is 10.1. The van der Waals surface area contributed by atoms with Crippen molar-refractivity contribution in [1.82, 2.24) is 9.55 Å². The van der Waals surface area contributed by atoms with E-state index in [0.717, 1.165) is 11.3 Å². The summed E-state index contributed by atoms with van der Waals surface area (Å²) in [4.78, 5) is 43.0. The maximum absolute atomic E-state index is 13.0. The van der Waals surface area contributed by atoms with E-state index in [9.17, 15) is 14.4 Å². The number of aromatic nitrogens is 2. The fraction of sp³-hybridized carbons (Fsp3) is 0.333. The number of rotatable bonds is 9. The SMILES string of the molecule is COCCOC(=O)c1sc2ncn(CC(=O)c3ccc(OC)c(OC)c3)c(=O)c2c1C. The van der Waals surface area contributed by atoms with E-state index in [2.05, 4.69) is 4.98 Å². The third-order valence-corrected chi connectivity index (χ3v) is 5.82. The van der Waals surface area contributed by atoms with Gasteiger partial charge in [-0.05, 0) is 30.7 Å². The number of hydrogen-bond acceptors (Lipinski definition) is 9. The molecule has 0 aliphatic heterocycles. The number of methoxy groups -OCH3 is 3. The maximum atomic E-state index is 13.0. The standard InChI is InChI=1S/C21H22N2O7S/c1-12-17-19(31-18(12)21(26)30-8-7-27-2)22-11-23(20(17)25)10-14(24)13-5-6-15(28-3)16(9-13)29-4/h5-6,9,11H,7-8,10H2,1-4H3. The van der Waals surface area contributed by atoms with Gasteiger partial charge in [0.15, 0.2) is 17.3 Å². The molecule has 3 rings (SSSR count). The van der Waals surface area contributed by atoms with E-state index in [0.29, 0.717) is 37.7 Å². The van der Waals surface area contributed by atoms with Crippen molar-refractivity contribution in [3.8, 4) is 11.5 Å². The number of nitrogens with zero attached hydrogens (tertiary/aromatic N) is 2. The number of carbonyl (C=O) groups excluding carboxylic acids is 2. The molecule has 0 N–H and O–H groups in total. The number of benzene rings is 1. The summed E-state index contributed by atoms with van der Waals surface area (Å²) < 4.78 is 21.6. The van der Waals surface area contributed by atoms with Crippen LogP contribution in [0.1, 0.15) is 25.6 Å². The van der Waals surface area contributed by atoms with Crippen LogP contribution in [0.15, 0.2) is 29.3 Å². The predicted molar refractivity (Wildman–Crippen MR) is 115 cm³/mol. The van der Waals surface area contributed by atoms with Crippen molar-refractivity contribution >= 4 is 33.3 Å². The van der Waals surface area contributed by atoms with Gasteiger partial charge in [0, 0.05) is 12.7 Å². The lowest BCUT2D eigenvalue weighted by molar-refractivity contribution is 0.0393. The molecule has 3 aromatic rings. The van der Waals surface area contributed by atoms with Crippen LogP contribution in [0.25, 0.3) is 10.2 Å². The Bertz CT molecular complexity index is 1180. The summed E-state index contributed by atoms with van der Waals surface area (Å²) in [7, 11) is 4.49. The number of thiophene rings is 1. The Morgan fingerprint density at radius 2 is 1.84 bits per heavy atom. The van der Waals surface area contributed by atoms with Gasteiger partial charge >= 0.3 is 5.97 Å². The second kappa shape index (κ2) is 9.71. The summed E-state index contributed by atoms with van der Waals surface area (Å²) in [6.45, 7) is 1.84. The van der Waals surface area contributed by atoms with Gasteiger partial charge in [-0.1, -0.05) is 0 Å². The Morgan fingerprint density at radius 3 is 2.52 bits per heavy atom. The highest BCUT2D eigenvalue weighted by molar-refractivity contribution is 7.20. The van der Waals surface area contributed by atoms with Crippen LogP contribution in [0.2, 0.25) is 0 Å². The smallest absolute Gasteiger partial charge is 0.348 e. The highest BCUT2D eigenvalue weighted by Gasteiger charge is 2.21. The molecule has 0 saturated carbocycles. The largest absolute Gasteiger partial charge is 0.493 e. The minimum atomic E-state index is -0.537. The molecule has 1 aromatic carbocycles. The second-order valence-corrected chi connectivity index (χ2v) is 7.53. The average Bonchev–Trinajstić information content (AvgIpc) is 3.12. The molecular formula is C21H22N2O7S.